The van der Waals surface area contributed by atoms with E-state index in [9.17, 15) is 9.90 Å². The summed E-state index contributed by atoms with van der Waals surface area (Å²) in [7, 11) is 1.36. The largest absolute Gasteiger partial charge is 0.486 e. The maximum Gasteiger partial charge on any atom is 0.312 e. The van der Waals surface area contributed by atoms with E-state index in [-0.39, 0.29) is 12.1 Å². The molecule has 0 amide bonds. The van der Waals surface area contributed by atoms with Crippen molar-refractivity contribution < 1.29 is 24.1 Å². The zero-order valence-corrected chi connectivity index (χ0v) is 13.3. The summed E-state index contributed by atoms with van der Waals surface area (Å²) >= 11 is 0. The lowest BCUT2D eigenvalue weighted by Crippen LogP contribution is -2.48. The Morgan fingerprint density at radius 2 is 2.17 bits per heavy atom. The molecule has 126 valence electrons. The van der Waals surface area contributed by atoms with Crippen molar-refractivity contribution in [2.24, 2.45) is 5.92 Å². The third-order valence-corrected chi connectivity index (χ3v) is 4.50. The third-order valence-electron chi connectivity index (χ3n) is 4.50. The van der Waals surface area contributed by atoms with E-state index in [1.807, 2.05) is 24.3 Å². The molecule has 0 bridgehead atoms. The van der Waals surface area contributed by atoms with Crippen LogP contribution in [0.15, 0.2) is 24.3 Å². The number of carbonyl (C=O) groups excluding carboxylic acids is 1. The van der Waals surface area contributed by atoms with E-state index in [0.29, 0.717) is 19.6 Å². The molecule has 0 aliphatic carbocycles. The van der Waals surface area contributed by atoms with E-state index in [2.05, 4.69) is 4.90 Å². The number of hydrogen-bond acceptors (Lipinski definition) is 6. The first-order valence-corrected chi connectivity index (χ1v) is 8.04. The normalized spacial score (nSPS) is 27.5. The molecule has 1 unspecified atom stereocenters. The quantitative estimate of drug-likeness (QED) is 0.837. The molecule has 1 aromatic carbocycles. The molecule has 2 heterocycles. The van der Waals surface area contributed by atoms with Crippen LogP contribution in [0.2, 0.25) is 0 Å². The number of hydrogen-bond donors (Lipinski definition) is 1. The lowest BCUT2D eigenvalue weighted by Gasteiger charge is -2.35. The van der Waals surface area contributed by atoms with Gasteiger partial charge in [-0.1, -0.05) is 12.1 Å². The standard InChI is InChI=1S/C17H23NO5/c1-21-17(20)13-10-18(9-7-14(13)19)8-6-12-11-22-15-4-2-3-5-16(15)23-12/h2-5,12-14,19H,6-11H2,1H3/t12?,13-,14-/m0/s1. The van der Waals surface area contributed by atoms with Crippen LogP contribution in [0, 0.1) is 5.92 Å². The lowest BCUT2D eigenvalue weighted by molar-refractivity contribution is -0.152. The summed E-state index contributed by atoms with van der Waals surface area (Å²) in [5.74, 6) is 0.771. The Balaban J connectivity index is 1.50. The van der Waals surface area contributed by atoms with Crippen molar-refractivity contribution >= 4 is 5.97 Å². The first-order chi connectivity index (χ1) is 11.2. The average molecular weight is 321 g/mol. The van der Waals surface area contributed by atoms with Crippen molar-refractivity contribution in [2.45, 2.75) is 25.0 Å². The number of benzene rings is 1. The molecule has 0 spiro atoms. The summed E-state index contributed by atoms with van der Waals surface area (Å²) in [6, 6.07) is 7.66. The lowest BCUT2D eigenvalue weighted by atomic mass is 9.94. The molecule has 2 aliphatic rings. The highest BCUT2D eigenvalue weighted by Gasteiger charge is 2.34. The minimum atomic E-state index is -0.611. The first-order valence-electron chi connectivity index (χ1n) is 8.04. The smallest absolute Gasteiger partial charge is 0.312 e. The van der Waals surface area contributed by atoms with Crippen molar-refractivity contribution in [3.05, 3.63) is 24.3 Å². The van der Waals surface area contributed by atoms with Gasteiger partial charge in [0.1, 0.15) is 12.7 Å². The van der Waals surface area contributed by atoms with Gasteiger partial charge in [0.15, 0.2) is 11.5 Å². The van der Waals surface area contributed by atoms with E-state index in [1.54, 1.807) is 0 Å². The van der Waals surface area contributed by atoms with Crippen LogP contribution in [0.25, 0.3) is 0 Å². The Morgan fingerprint density at radius 3 is 2.96 bits per heavy atom. The summed E-state index contributed by atoms with van der Waals surface area (Å²) in [6.45, 7) is 2.64. The summed E-state index contributed by atoms with van der Waals surface area (Å²) in [5.41, 5.74) is 0. The van der Waals surface area contributed by atoms with Crippen molar-refractivity contribution in [3.63, 3.8) is 0 Å². The number of carbonyl (C=O) groups is 1. The summed E-state index contributed by atoms with van der Waals surface area (Å²) in [5, 5.41) is 9.94. The Labute approximate surface area is 135 Å². The van der Waals surface area contributed by atoms with Gasteiger partial charge in [0.25, 0.3) is 0 Å². The second-order valence-corrected chi connectivity index (χ2v) is 6.07. The van der Waals surface area contributed by atoms with Crippen LogP contribution < -0.4 is 9.47 Å². The van der Waals surface area contributed by atoms with Gasteiger partial charge in [-0.2, -0.15) is 0 Å². The van der Waals surface area contributed by atoms with Crippen LogP contribution in [0.4, 0.5) is 0 Å². The van der Waals surface area contributed by atoms with Gasteiger partial charge in [0.2, 0.25) is 0 Å². The Hall–Kier alpha value is -1.79. The van der Waals surface area contributed by atoms with Crippen molar-refractivity contribution in [1.29, 1.82) is 0 Å². The van der Waals surface area contributed by atoms with Crippen LogP contribution in [0.1, 0.15) is 12.8 Å². The molecule has 1 aromatic rings. The number of ether oxygens (including phenoxy) is 3. The van der Waals surface area contributed by atoms with Gasteiger partial charge >= 0.3 is 5.97 Å². The molecule has 0 saturated carbocycles. The average Bonchev–Trinajstić information content (AvgIpc) is 2.60. The fraction of sp³-hybridized carbons (Fsp3) is 0.588. The van der Waals surface area contributed by atoms with Crippen LogP contribution >= 0.6 is 0 Å². The minimum Gasteiger partial charge on any atom is -0.486 e. The van der Waals surface area contributed by atoms with Gasteiger partial charge in [0.05, 0.1) is 19.1 Å². The number of fused-ring (bicyclic) bond motifs is 1. The van der Waals surface area contributed by atoms with E-state index in [0.717, 1.165) is 31.0 Å². The van der Waals surface area contributed by atoms with Gasteiger partial charge in [-0.15, -0.1) is 0 Å². The highest BCUT2D eigenvalue weighted by molar-refractivity contribution is 5.73. The number of aliphatic hydroxyl groups excluding tert-OH is 1. The van der Waals surface area contributed by atoms with E-state index in [4.69, 9.17) is 14.2 Å². The monoisotopic (exact) mass is 321 g/mol. The fourth-order valence-corrected chi connectivity index (χ4v) is 3.13. The molecule has 2 aliphatic heterocycles. The van der Waals surface area contributed by atoms with Gasteiger partial charge in [-0.3, -0.25) is 4.79 Å². The molecular formula is C17H23NO5. The molecule has 0 aromatic heterocycles. The predicted molar refractivity (Wildman–Crippen MR) is 83.5 cm³/mol. The minimum absolute atomic E-state index is 0.00771. The van der Waals surface area contributed by atoms with Crippen molar-refractivity contribution in [1.82, 2.24) is 4.90 Å². The Morgan fingerprint density at radius 1 is 1.39 bits per heavy atom. The van der Waals surface area contributed by atoms with Crippen LogP contribution in [-0.4, -0.2) is 61.5 Å². The van der Waals surface area contributed by atoms with Gasteiger partial charge in [-0.25, -0.2) is 0 Å². The number of esters is 1. The van der Waals surface area contributed by atoms with Crippen LogP contribution in [0.5, 0.6) is 11.5 Å². The van der Waals surface area contributed by atoms with Crippen LogP contribution in [-0.2, 0) is 9.53 Å². The number of para-hydroxylation sites is 2. The SMILES string of the molecule is COC(=O)[C@H]1CN(CCC2COc3ccccc3O2)CC[C@@H]1O. The molecule has 0 radical (unpaired) electrons. The van der Waals surface area contributed by atoms with Crippen molar-refractivity contribution in [3.8, 4) is 11.5 Å². The molecule has 1 fully saturated rings. The number of nitrogens with zero attached hydrogens (tertiary/aromatic N) is 1. The van der Waals surface area contributed by atoms with Gasteiger partial charge in [-0.05, 0) is 18.6 Å². The van der Waals surface area contributed by atoms with Gasteiger partial charge in [0, 0.05) is 26.1 Å². The summed E-state index contributed by atoms with van der Waals surface area (Å²) in [6.07, 6.45) is 0.802. The predicted octanol–water partition coefficient (Wildman–Crippen LogP) is 1.07. The molecule has 1 N–H and O–H groups in total. The highest BCUT2D eigenvalue weighted by Crippen LogP contribution is 2.31. The van der Waals surface area contributed by atoms with E-state index < -0.39 is 12.0 Å². The first kappa shape index (κ1) is 16.1. The Bertz CT molecular complexity index is 550. The maximum absolute atomic E-state index is 11.7. The van der Waals surface area contributed by atoms with Gasteiger partial charge < -0.3 is 24.2 Å². The molecule has 1 saturated heterocycles. The summed E-state index contributed by atoms with van der Waals surface area (Å²) in [4.78, 5) is 13.9. The molecule has 3 atom stereocenters. The highest BCUT2D eigenvalue weighted by atomic mass is 16.6. The molecule has 6 nitrogen and oxygen atoms in total. The molecular weight excluding hydrogens is 298 g/mol. The maximum atomic E-state index is 11.7. The number of aliphatic hydroxyl groups is 1. The molecule has 23 heavy (non-hydrogen) atoms. The van der Waals surface area contributed by atoms with E-state index in [1.165, 1.54) is 7.11 Å². The number of piperidine rings is 1. The second-order valence-electron chi connectivity index (χ2n) is 6.07. The van der Waals surface area contributed by atoms with Crippen molar-refractivity contribution in [2.75, 3.05) is 33.4 Å². The zero-order valence-electron chi connectivity index (χ0n) is 13.3. The third kappa shape index (κ3) is 3.76. The van der Waals surface area contributed by atoms with E-state index >= 15 is 0 Å². The molecule has 3 rings (SSSR count). The topological polar surface area (TPSA) is 68.2 Å². The number of methoxy groups -OCH3 is 1. The van der Waals surface area contributed by atoms with Crippen LogP contribution in [0.3, 0.4) is 0 Å². The fourth-order valence-electron chi connectivity index (χ4n) is 3.13. The zero-order chi connectivity index (χ0) is 16.2. The second kappa shape index (κ2) is 7.19. The number of likely N-dealkylation sites (tertiary alicyclic amines) is 1. The summed E-state index contributed by atoms with van der Waals surface area (Å²) < 4.78 is 16.4. The Kier molecular flexibility index (Phi) is 5.03. The number of rotatable bonds is 4. The molecule has 6 heteroatoms.